The van der Waals surface area contributed by atoms with Gasteiger partial charge in [0.2, 0.25) is 0 Å². The highest BCUT2D eigenvalue weighted by atomic mass is 16.6. The average molecular weight is 338 g/mol. The second kappa shape index (κ2) is 8.67. The number of fused-ring (bicyclic) bond motifs is 1. The number of para-hydroxylation sites is 2. The molecule has 1 aromatic rings. The van der Waals surface area contributed by atoms with E-state index in [4.69, 9.17) is 14.2 Å². The van der Waals surface area contributed by atoms with Crippen LogP contribution in [-0.2, 0) is 4.74 Å². The third kappa shape index (κ3) is 4.83. The molecule has 2 atom stereocenters. The van der Waals surface area contributed by atoms with Gasteiger partial charge in [0.25, 0.3) is 0 Å². The number of piperazine rings is 1. The van der Waals surface area contributed by atoms with Crippen LogP contribution in [0, 0.1) is 0 Å². The minimum atomic E-state index is -0.417. The van der Waals surface area contributed by atoms with E-state index in [1.54, 1.807) is 4.90 Å². The fourth-order valence-electron chi connectivity index (χ4n) is 3.39. The topological polar surface area (TPSA) is 56.8 Å². The summed E-state index contributed by atoms with van der Waals surface area (Å²) in [6, 6.07) is 7.66. The van der Waals surface area contributed by atoms with Gasteiger partial charge in [-0.1, -0.05) is 12.1 Å². The number of nitrogens with one attached hydrogen (secondary N) is 2. The first-order valence-corrected chi connectivity index (χ1v) is 9.06. The summed E-state index contributed by atoms with van der Waals surface area (Å²) in [5, 5.41) is 10.2. The van der Waals surface area contributed by atoms with Crippen LogP contribution in [0.4, 0.5) is 0 Å². The van der Waals surface area contributed by atoms with Crippen molar-refractivity contribution in [3.63, 3.8) is 0 Å². The summed E-state index contributed by atoms with van der Waals surface area (Å²) in [6.45, 7) is 10.2. The van der Waals surface area contributed by atoms with Crippen LogP contribution in [0.2, 0.25) is 0 Å². The number of hydrogen-bond donors (Lipinski definition) is 3. The lowest BCUT2D eigenvalue weighted by Gasteiger charge is -2.30. The van der Waals surface area contributed by atoms with E-state index in [-0.39, 0.29) is 6.10 Å². The van der Waals surface area contributed by atoms with Gasteiger partial charge in [-0.2, -0.15) is 0 Å². The van der Waals surface area contributed by atoms with Gasteiger partial charge >= 0.3 is 0 Å². The van der Waals surface area contributed by atoms with Gasteiger partial charge in [-0.25, -0.2) is 0 Å². The SMILES string of the molecule is CC[NH+]1CC[NH+](C[C@H](O)COC[C@H]2COc3ccccc3O2)CC1. The number of quaternary nitrogens is 2. The molecule has 2 aliphatic heterocycles. The summed E-state index contributed by atoms with van der Waals surface area (Å²) < 4.78 is 17.2. The molecule has 0 saturated carbocycles. The van der Waals surface area contributed by atoms with Gasteiger partial charge in [0.05, 0.1) is 19.8 Å². The lowest BCUT2D eigenvalue weighted by Crippen LogP contribution is -3.28. The van der Waals surface area contributed by atoms with E-state index in [2.05, 4.69) is 6.92 Å². The van der Waals surface area contributed by atoms with E-state index in [1.807, 2.05) is 24.3 Å². The maximum absolute atomic E-state index is 10.2. The molecule has 0 unspecified atom stereocenters. The second-order valence-corrected chi connectivity index (χ2v) is 6.75. The molecule has 6 heteroatoms. The molecule has 0 aliphatic carbocycles. The maximum Gasteiger partial charge on any atom is 0.161 e. The van der Waals surface area contributed by atoms with Gasteiger partial charge in [-0.3, -0.25) is 0 Å². The van der Waals surface area contributed by atoms with Crippen LogP contribution in [0.1, 0.15) is 6.92 Å². The van der Waals surface area contributed by atoms with E-state index in [0.29, 0.717) is 19.8 Å². The molecular formula is C18H30N2O4+2. The summed E-state index contributed by atoms with van der Waals surface area (Å²) in [5.74, 6) is 1.55. The Kier molecular flexibility index (Phi) is 6.31. The first kappa shape index (κ1) is 17.5. The van der Waals surface area contributed by atoms with Crippen molar-refractivity contribution in [3.05, 3.63) is 24.3 Å². The van der Waals surface area contributed by atoms with Crippen LogP contribution < -0.4 is 19.3 Å². The van der Waals surface area contributed by atoms with Crippen LogP contribution >= 0.6 is 0 Å². The Morgan fingerprint density at radius 1 is 1.17 bits per heavy atom. The molecule has 3 rings (SSSR count). The molecular weight excluding hydrogens is 308 g/mol. The Hall–Kier alpha value is -1.34. The number of hydrogen-bond acceptors (Lipinski definition) is 4. The van der Waals surface area contributed by atoms with Crippen molar-refractivity contribution in [1.82, 2.24) is 0 Å². The highest BCUT2D eigenvalue weighted by Crippen LogP contribution is 2.30. The number of likely N-dealkylation sites (N-methyl/N-ethyl adjacent to an activating group) is 1. The standard InChI is InChI=1S/C18H28N2O4/c1-2-19-7-9-20(10-8-19)11-15(21)12-22-13-16-14-23-17-5-3-4-6-18(17)24-16/h3-6,15-16,21H,2,7-14H2,1H3/p+2/t15-,16-/m0/s1. The van der Waals surface area contributed by atoms with Crippen LogP contribution in [0.15, 0.2) is 24.3 Å². The minimum absolute atomic E-state index is 0.115. The van der Waals surface area contributed by atoms with Gasteiger partial charge in [0.15, 0.2) is 17.6 Å². The van der Waals surface area contributed by atoms with Crippen LogP contribution in [0.5, 0.6) is 11.5 Å². The number of benzene rings is 1. The third-order valence-corrected chi connectivity index (χ3v) is 4.87. The predicted octanol–water partition coefficient (Wildman–Crippen LogP) is -1.99. The highest BCUT2D eigenvalue weighted by Gasteiger charge is 2.25. The highest BCUT2D eigenvalue weighted by molar-refractivity contribution is 5.40. The molecule has 0 amide bonds. The van der Waals surface area contributed by atoms with Crippen molar-refractivity contribution >= 4 is 0 Å². The molecule has 0 spiro atoms. The van der Waals surface area contributed by atoms with Gasteiger partial charge in [0, 0.05) is 0 Å². The van der Waals surface area contributed by atoms with Crippen LogP contribution in [0.3, 0.4) is 0 Å². The van der Waals surface area contributed by atoms with E-state index in [1.165, 1.54) is 24.5 Å². The molecule has 2 heterocycles. The Morgan fingerprint density at radius 3 is 2.62 bits per heavy atom. The van der Waals surface area contributed by atoms with E-state index >= 15 is 0 Å². The summed E-state index contributed by atoms with van der Waals surface area (Å²) in [5.41, 5.74) is 0. The van der Waals surface area contributed by atoms with Gasteiger partial charge in [-0.05, 0) is 19.1 Å². The lowest BCUT2D eigenvalue weighted by molar-refractivity contribution is -1.01. The molecule has 1 saturated heterocycles. The minimum Gasteiger partial charge on any atom is -0.486 e. The second-order valence-electron chi connectivity index (χ2n) is 6.75. The molecule has 0 radical (unpaired) electrons. The largest absolute Gasteiger partial charge is 0.486 e. The van der Waals surface area contributed by atoms with Crippen molar-refractivity contribution in [2.45, 2.75) is 19.1 Å². The normalized spacial score (nSPS) is 27.7. The predicted molar refractivity (Wildman–Crippen MR) is 90.0 cm³/mol. The van der Waals surface area contributed by atoms with E-state index in [9.17, 15) is 5.11 Å². The summed E-state index contributed by atoms with van der Waals surface area (Å²) in [7, 11) is 0. The van der Waals surface area contributed by atoms with Crippen LogP contribution in [-0.4, -0.2) is 76.4 Å². The number of aliphatic hydroxyl groups excluding tert-OH is 1. The molecule has 1 fully saturated rings. The smallest absolute Gasteiger partial charge is 0.161 e. The summed E-state index contributed by atoms with van der Waals surface area (Å²) in [4.78, 5) is 3.15. The molecule has 1 aromatic carbocycles. The first-order valence-electron chi connectivity index (χ1n) is 9.06. The number of aliphatic hydroxyl groups is 1. The molecule has 134 valence electrons. The Morgan fingerprint density at radius 2 is 1.88 bits per heavy atom. The Labute approximate surface area is 143 Å². The van der Waals surface area contributed by atoms with Gasteiger partial charge in [-0.15, -0.1) is 0 Å². The molecule has 6 nitrogen and oxygen atoms in total. The van der Waals surface area contributed by atoms with Crippen molar-refractivity contribution < 1.29 is 29.1 Å². The molecule has 3 N–H and O–H groups in total. The van der Waals surface area contributed by atoms with Gasteiger partial charge < -0.3 is 29.1 Å². The molecule has 0 bridgehead atoms. The molecule has 24 heavy (non-hydrogen) atoms. The molecule has 2 aliphatic rings. The zero-order valence-electron chi connectivity index (χ0n) is 14.5. The van der Waals surface area contributed by atoms with E-state index in [0.717, 1.165) is 31.1 Å². The third-order valence-electron chi connectivity index (χ3n) is 4.87. The Balaban J connectivity index is 1.32. The average Bonchev–Trinajstić information content (AvgIpc) is 2.62. The van der Waals surface area contributed by atoms with Crippen molar-refractivity contribution in [1.29, 1.82) is 0 Å². The molecule has 0 aromatic heterocycles. The van der Waals surface area contributed by atoms with Gasteiger partial charge in [0.1, 0.15) is 45.4 Å². The Bertz CT molecular complexity index is 506. The maximum atomic E-state index is 10.2. The first-order chi connectivity index (χ1) is 11.7. The fourth-order valence-corrected chi connectivity index (χ4v) is 3.39. The van der Waals surface area contributed by atoms with Crippen LogP contribution in [0.25, 0.3) is 0 Å². The zero-order chi connectivity index (χ0) is 16.8. The van der Waals surface area contributed by atoms with Crippen molar-refractivity contribution in [2.75, 3.05) is 59.1 Å². The number of rotatable bonds is 7. The van der Waals surface area contributed by atoms with Crippen molar-refractivity contribution in [3.8, 4) is 11.5 Å². The quantitative estimate of drug-likeness (QED) is 0.539. The zero-order valence-corrected chi connectivity index (χ0v) is 14.5. The van der Waals surface area contributed by atoms with E-state index < -0.39 is 6.10 Å². The number of ether oxygens (including phenoxy) is 3. The fraction of sp³-hybridized carbons (Fsp3) is 0.667. The lowest BCUT2D eigenvalue weighted by atomic mass is 10.2. The monoisotopic (exact) mass is 338 g/mol. The van der Waals surface area contributed by atoms with Crippen molar-refractivity contribution in [2.24, 2.45) is 0 Å². The summed E-state index contributed by atoms with van der Waals surface area (Å²) in [6.07, 6.45) is -0.531. The summed E-state index contributed by atoms with van der Waals surface area (Å²) >= 11 is 0.